The van der Waals surface area contributed by atoms with Crippen molar-refractivity contribution in [2.75, 3.05) is 19.3 Å². The smallest absolute Gasteiger partial charge is 0.126 e. The molecule has 0 amide bonds. The monoisotopic (exact) mass is 226 g/mol. The van der Waals surface area contributed by atoms with E-state index in [-0.39, 0.29) is 5.02 Å². The van der Waals surface area contributed by atoms with E-state index in [1.807, 2.05) is 7.05 Å². The van der Waals surface area contributed by atoms with Crippen LogP contribution in [0.25, 0.3) is 0 Å². The molecule has 0 atom stereocenters. The Kier molecular flexibility index (Phi) is 4.41. The summed E-state index contributed by atoms with van der Waals surface area (Å²) in [6.07, 6.45) is 0.685. The normalized spacial score (nSPS) is 9.53. The Balaban J connectivity index is 2.88. The molecule has 0 aliphatic heterocycles. The first-order chi connectivity index (χ1) is 7.15. The molecule has 1 aromatic carbocycles. The van der Waals surface area contributed by atoms with Gasteiger partial charge in [-0.05, 0) is 19.2 Å². The van der Waals surface area contributed by atoms with E-state index in [1.54, 1.807) is 0 Å². The van der Waals surface area contributed by atoms with Crippen molar-refractivity contribution in [3.05, 3.63) is 28.5 Å². The maximum atomic E-state index is 13.0. The SMILES string of the molecule is CNCCC#Cc1cc(F)cc(Cl)c1N. The van der Waals surface area contributed by atoms with Gasteiger partial charge in [-0.2, -0.15) is 0 Å². The number of benzene rings is 1. The van der Waals surface area contributed by atoms with Crippen LogP contribution in [0.4, 0.5) is 10.1 Å². The highest BCUT2D eigenvalue weighted by Gasteiger charge is 2.03. The zero-order valence-electron chi connectivity index (χ0n) is 8.40. The Labute approximate surface area is 93.6 Å². The molecule has 0 aliphatic rings. The van der Waals surface area contributed by atoms with Gasteiger partial charge < -0.3 is 11.1 Å². The first-order valence-electron chi connectivity index (χ1n) is 4.53. The van der Waals surface area contributed by atoms with Crippen LogP contribution >= 0.6 is 11.6 Å². The van der Waals surface area contributed by atoms with Crippen LogP contribution in [0.5, 0.6) is 0 Å². The topological polar surface area (TPSA) is 38.0 Å². The van der Waals surface area contributed by atoms with Gasteiger partial charge in [-0.1, -0.05) is 23.4 Å². The van der Waals surface area contributed by atoms with E-state index < -0.39 is 5.82 Å². The first-order valence-corrected chi connectivity index (χ1v) is 4.91. The van der Waals surface area contributed by atoms with Gasteiger partial charge in [0.2, 0.25) is 0 Å². The highest BCUT2D eigenvalue weighted by atomic mass is 35.5. The van der Waals surface area contributed by atoms with Gasteiger partial charge in [-0.3, -0.25) is 0 Å². The summed E-state index contributed by atoms with van der Waals surface area (Å²) in [5.74, 6) is 5.25. The Hall–Kier alpha value is -1.24. The maximum Gasteiger partial charge on any atom is 0.126 e. The molecule has 0 saturated heterocycles. The Morgan fingerprint density at radius 1 is 1.53 bits per heavy atom. The van der Waals surface area contributed by atoms with Crippen molar-refractivity contribution in [1.29, 1.82) is 0 Å². The average Bonchev–Trinajstić information content (AvgIpc) is 2.19. The van der Waals surface area contributed by atoms with Gasteiger partial charge in [0.25, 0.3) is 0 Å². The average molecular weight is 227 g/mol. The highest BCUT2D eigenvalue weighted by molar-refractivity contribution is 6.33. The lowest BCUT2D eigenvalue weighted by molar-refractivity contribution is 0.628. The van der Waals surface area contributed by atoms with Gasteiger partial charge in [-0.15, -0.1) is 0 Å². The van der Waals surface area contributed by atoms with E-state index in [4.69, 9.17) is 17.3 Å². The fourth-order valence-electron chi connectivity index (χ4n) is 1.03. The van der Waals surface area contributed by atoms with E-state index >= 15 is 0 Å². The molecule has 0 radical (unpaired) electrons. The summed E-state index contributed by atoms with van der Waals surface area (Å²) < 4.78 is 13.0. The number of nitrogen functional groups attached to an aromatic ring is 1. The van der Waals surface area contributed by atoms with Crippen LogP contribution in [-0.2, 0) is 0 Å². The molecule has 0 spiro atoms. The molecule has 0 bridgehead atoms. The van der Waals surface area contributed by atoms with Crippen LogP contribution < -0.4 is 11.1 Å². The summed E-state index contributed by atoms with van der Waals surface area (Å²) in [6.45, 7) is 0.788. The molecule has 3 N–H and O–H groups in total. The summed E-state index contributed by atoms with van der Waals surface area (Å²) in [5, 5.41) is 3.16. The summed E-state index contributed by atoms with van der Waals surface area (Å²) in [7, 11) is 1.84. The van der Waals surface area contributed by atoms with Crippen molar-refractivity contribution in [2.24, 2.45) is 0 Å². The van der Waals surface area contributed by atoms with Gasteiger partial charge in [0.05, 0.1) is 16.3 Å². The van der Waals surface area contributed by atoms with Crippen molar-refractivity contribution >= 4 is 17.3 Å². The fraction of sp³-hybridized carbons (Fsp3) is 0.273. The predicted octanol–water partition coefficient (Wildman–Crippen LogP) is 2.02. The Morgan fingerprint density at radius 3 is 2.93 bits per heavy atom. The summed E-state index contributed by atoms with van der Waals surface area (Å²) in [4.78, 5) is 0. The van der Waals surface area contributed by atoms with Crippen LogP contribution in [0.3, 0.4) is 0 Å². The van der Waals surface area contributed by atoms with E-state index in [9.17, 15) is 4.39 Å². The number of hydrogen-bond donors (Lipinski definition) is 2. The van der Waals surface area contributed by atoms with Crippen molar-refractivity contribution in [3.8, 4) is 11.8 Å². The summed E-state index contributed by atoms with van der Waals surface area (Å²) >= 11 is 5.71. The second-order valence-electron chi connectivity index (χ2n) is 3.00. The number of halogens is 2. The third-order valence-corrected chi connectivity index (χ3v) is 2.13. The lowest BCUT2D eigenvalue weighted by Crippen LogP contribution is -2.05. The van der Waals surface area contributed by atoms with Crippen LogP contribution in [-0.4, -0.2) is 13.6 Å². The zero-order valence-corrected chi connectivity index (χ0v) is 9.16. The standard InChI is InChI=1S/C11H12ClFN2/c1-15-5-3-2-4-8-6-9(13)7-10(12)11(8)14/h6-7,15H,3,5,14H2,1H3. The largest absolute Gasteiger partial charge is 0.397 e. The van der Waals surface area contributed by atoms with Gasteiger partial charge in [0.1, 0.15) is 5.82 Å². The zero-order chi connectivity index (χ0) is 11.3. The molecular weight excluding hydrogens is 215 g/mol. The minimum atomic E-state index is -0.424. The minimum absolute atomic E-state index is 0.202. The molecule has 0 heterocycles. The second kappa shape index (κ2) is 5.59. The third-order valence-electron chi connectivity index (χ3n) is 1.82. The number of nitrogens with two attached hydrogens (primary N) is 1. The molecule has 1 rings (SSSR count). The van der Waals surface area contributed by atoms with E-state index in [2.05, 4.69) is 17.2 Å². The molecule has 4 heteroatoms. The molecule has 0 saturated carbocycles. The first kappa shape index (κ1) is 11.8. The minimum Gasteiger partial charge on any atom is -0.397 e. The second-order valence-corrected chi connectivity index (χ2v) is 3.41. The molecule has 0 aliphatic carbocycles. The molecule has 2 nitrogen and oxygen atoms in total. The fourth-order valence-corrected chi connectivity index (χ4v) is 1.24. The number of rotatable bonds is 2. The molecule has 0 unspecified atom stereocenters. The van der Waals surface area contributed by atoms with E-state index in [0.717, 1.165) is 6.54 Å². The maximum absolute atomic E-state index is 13.0. The van der Waals surface area contributed by atoms with Crippen molar-refractivity contribution in [3.63, 3.8) is 0 Å². The van der Waals surface area contributed by atoms with Crippen LogP contribution in [0, 0.1) is 17.7 Å². The van der Waals surface area contributed by atoms with Crippen LogP contribution in [0.15, 0.2) is 12.1 Å². The predicted molar refractivity (Wildman–Crippen MR) is 61.2 cm³/mol. The molecule has 0 aromatic heterocycles. The molecule has 1 aromatic rings. The van der Waals surface area contributed by atoms with Crippen molar-refractivity contribution < 1.29 is 4.39 Å². The van der Waals surface area contributed by atoms with Crippen LogP contribution in [0.2, 0.25) is 5.02 Å². The molecule has 80 valence electrons. The lowest BCUT2D eigenvalue weighted by Gasteiger charge is -2.01. The lowest BCUT2D eigenvalue weighted by atomic mass is 10.2. The Morgan fingerprint density at radius 2 is 2.27 bits per heavy atom. The van der Waals surface area contributed by atoms with E-state index in [0.29, 0.717) is 17.7 Å². The third kappa shape index (κ3) is 3.43. The van der Waals surface area contributed by atoms with Gasteiger partial charge in [0.15, 0.2) is 0 Å². The number of anilines is 1. The van der Waals surface area contributed by atoms with Crippen LogP contribution in [0.1, 0.15) is 12.0 Å². The quantitative estimate of drug-likeness (QED) is 0.460. The molecule has 0 fully saturated rings. The van der Waals surface area contributed by atoms with E-state index in [1.165, 1.54) is 12.1 Å². The summed E-state index contributed by atoms with van der Waals surface area (Å²) in [6, 6.07) is 2.46. The number of nitrogens with one attached hydrogen (secondary N) is 1. The molecule has 15 heavy (non-hydrogen) atoms. The van der Waals surface area contributed by atoms with Gasteiger partial charge in [-0.25, -0.2) is 4.39 Å². The van der Waals surface area contributed by atoms with Crippen molar-refractivity contribution in [1.82, 2.24) is 5.32 Å². The molecular formula is C11H12ClFN2. The number of hydrogen-bond acceptors (Lipinski definition) is 2. The van der Waals surface area contributed by atoms with Gasteiger partial charge in [0, 0.05) is 13.0 Å². The highest BCUT2D eigenvalue weighted by Crippen LogP contribution is 2.23. The Bertz CT molecular complexity index is 407. The van der Waals surface area contributed by atoms with Gasteiger partial charge >= 0.3 is 0 Å². The van der Waals surface area contributed by atoms with Crippen molar-refractivity contribution in [2.45, 2.75) is 6.42 Å². The summed E-state index contributed by atoms with van der Waals surface area (Å²) in [5.41, 5.74) is 6.42.